The number of amides is 2. The molecule has 5 nitrogen and oxygen atoms in total. The van der Waals surface area contributed by atoms with Gasteiger partial charge in [-0.15, -0.1) is 0 Å². The third kappa shape index (κ3) is 4.01. The number of primary amides is 1. The number of para-hydroxylation sites is 2. The van der Waals surface area contributed by atoms with Crippen molar-refractivity contribution in [2.24, 2.45) is 5.73 Å². The van der Waals surface area contributed by atoms with Crippen molar-refractivity contribution in [2.45, 2.75) is 24.9 Å². The standard InChI is InChI=1S/C12H18N2O3Si2/c13-11(15)5-7-18-17-19-8-6-12(16)14-9-3-1-2-4-10(9)14/h1-4H,5-8,18-19H2,(H2,13,15). The quantitative estimate of drug-likeness (QED) is 0.415. The molecule has 0 unspecified atom stereocenters. The van der Waals surface area contributed by atoms with Gasteiger partial charge in [-0.2, -0.15) is 0 Å². The van der Waals surface area contributed by atoms with E-state index in [1.165, 1.54) is 0 Å². The summed E-state index contributed by atoms with van der Waals surface area (Å²) < 4.78 is 5.61. The molecule has 1 aliphatic heterocycles. The molecule has 19 heavy (non-hydrogen) atoms. The molecule has 2 N–H and O–H groups in total. The largest absolute Gasteiger partial charge is 0.465 e. The van der Waals surface area contributed by atoms with E-state index in [0.29, 0.717) is 12.8 Å². The van der Waals surface area contributed by atoms with Gasteiger partial charge in [0.1, 0.15) is 19.5 Å². The van der Waals surface area contributed by atoms with Crippen LogP contribution in [0, 0.1) is 0 Å². The van der Waals surface area contributed by atoms with Crippen molar-refractivity contribution in [2.75, 3.05) is 4.90 Å². The summed E-state index contributed by atoms with van der Waals surface area (Å²) in [6, 6.07) is 9.47. The maximum atomic E-state index is 11.9. The highest BCUT2D eigenvalue weighted by Gasteiger charge is 2.33. The smallest absolute Gasteiger partial charge is 0.231 e. The van der Waals surface area contributed by atoms with Gasteiger partial charge in [0.25, 0.3) is 0 Å². The zero-order valence-corrected chi connectivity index (χ0v) is 13.6. The molecule has 1 heterocycles. The van der Waals surface area contributed by atoms with Gasteiger partial charge in [-0.1, -0.05) is 12.1 Å². The summed E-state index contributed by atoms with van der Waals surface area (Å²) in [5.41, 5.74) is 7.11. The van der Waals surface area contributed by atoms with Gasteiger partial charge in [-0.25, -0.2) is 0 Å². The lowest BCUT2D eigenvalue weighted by Gasteiger charge is -2.03. The first-order valence-electron chi connectivity index (χ1n) is 6.48. The first kappa shape index (κ1) is 14.0. The lowest BCUT2D eigenvalue weighted by atomic mass is 10.4. The van der Waals surface area contributed by atoms with Crippen LogP contribution >= 0.6 is 0 Å². The van der Waals surface area contributed by atoms with E-state index < -0.39 is 19.5 Å². The molecule has 2 amide bonds. The van der Waals surface area contributed by atoms with Gasteiger partial charge in [0.15, 0.2) is 0 Å². The second-order valence-corrected chi connectivity index (χ2v) is 8.37. The second-order valence-electron chi connectivity index (χ2n) is 4.50. The van der Waals surface area contributed by atoms with Crippen LogP contribution in [-0.4, -0.2) is 31.3 Å². The van der Waals surface area contributed by atoms with Crippen molar-refractivity contribution < 1.29 is 13.7 Å². The van der Waals surface area contributed by atoms with Crippen molar-refractivity contribution in [1.82, 2.24) is 0 Å². The third-order valence-electron chi connectivity index (χ3n) is 2.95. The molecule has 0 aliphatic carbocycles. The summed E-state index contributed by atoms with van der Waals surface area (Å²) in [5, 5.41) is 0. The molecule has 0 fully saturated rings. The Labute approximate surface area is 117 Å². The molecule has 0 saturated heterocycles. The fourth-order valence-electron chi connectivity index (χ4n) is 1.96. The Balaban J connectivity index is 1.53. The lowest BCUT2D eigenvalue weighted by molar-refractivity contribution is -0.118. The summed E-state index contributed by atoms with van der Waals surface area (Å²) in [5.74, 6) is -0.0941. The Kier molecular flexibility index (Phi) is 4.89. The average molecular weight is 294 g/mol. The van der Waals surface area contributed by atoms with Gasteiger partial charge in [-0.05, 0) is 24.2 Å². The molecule has 0 saturated carbocycles. The molecule has 1 aromatic rings. The molecule has 1 aromatic carbocycles. The van der Waals surface area contributed by atoms with Gasteiger partial charge < -0.3 is 9.85 Å². The zero-order chi connectivity index (χ0) is 13.7. The highest BCUT2D eigenvalue weighted by molar-refractivity contribution is 6.43. The van der Waals surface area contributed by atoms with E-state index in [2.05, 4.69) is 0 Å². The van der Waals surface area contributed by atoms with E-state index >= 15 is 0 Å². The van der Waals surface area contributed by atoms with Crippen LogP contribution in [0.15, 0.2) is 24.3 Å². The molecule has 0 spiro atoms. The summed E-state index contributed by atoms with van der Waals surface area (Å²) in [7, 11) is -1.20. The highest BCUT2D eigenvalue weighted by atomic mass is 28.3. The monoisotopic (exact) mass is 294 g/mol. The van der Waals surface area contributed by atoms with Gasteiger partial charge in [-0.3, -0.25) is 14.5 Å². The van der Waals surface area contributed by atoms with Crippen molar-refractivity contribution in [3.05, 3.63) is 24.3 Å². The number of benzene rings is 1. The minimum absolute atomic E-state index is 0.163. The van der Waals surface area contributed by atoms with E-state index in [-0.39, 0.29) is 11.8 Å². The van der Waals surface area contributed by atoms with Crippen molar-refractivity contribution in [3.63, 3.8) is 0 Å². The third-order valence-corrected chi connectivity index (χ3v) is 6.55. The molecule has 1 aliphatic rings. The number of nitrogens with two attached hydrogens (primary N) is 1. The van der Waals surface area contributed by atoms with E-state index in [0.717, 1.165) is 23.5 Å². The van der Waals surface area contributed by atoms with E-state index in [4.69, 9.17) is 9.85 Å². The van der Waals surface area contributed by atoms with Crippen molar-refractivity contribution in [1.29, 1.82) is 0 Å². The molecule has 102 valence electrons. The lowest BCUT2D eigenvalue weighted by Crippen LogP contribution is -2.15. The van der Waals surface area contributed by atoms with E-state index in [1.54, 1.807) is 4.90 Å². The Morgan fingerprint density at radius 1 is 1.11 bits per heavy atom. The molecule has 0 bridgehead atoms. The van der Waals surface area contributed by atoms with Crippen LogP contribution in [0.25, 0.3) is 0 Å². The zero-order valence-electron chi connectivity index (χ0n) is 10.8. The number of hydrogen-bond acceptors (Lipinski definition) is 3. The molecule has 0 atom stereocenters. The normalized spacial score (nSPS) is 13.4. The first-order chi connectivity index (χ1) is 9.20. The van der Waals surface area contributed by atoms with Crippen LogP contribution in [0.5, 0.6) is 0 Å². The van der Waals surface area contributed by atoms with Gasteiger partial charge in [0.05, 0.1) is 11.4 Å². The van der Waals surface area contributed by atoms with Gasteiger partial charge in [0.2, 0.25) is 11.8 Å². The first-order valence-corrected chi connectivity index (χ1v) is 9.63. The van der Waals surface area contributed by atoms with E-state index in [9.17, 15) is 9.59 Å². The maximum Gasteiger partial charge on any atom is 0.231 e. The Hall–Kier alpha value is -1.45. The molecule has 0 radical (unpaired) electrons. The number of nitrogens with zero attached hydrogens (tertiary/aromatic N) is 1. The molecule has 0 aromatic heterocycles. The van der Waals surface area contributed by atoms with Gasteiger partial charge in [0, 0.05) is 12.8 Å². The number of anilines is 2. The number of hydrogen-bond donors (Lipinski definition) is 1. The highest BCUT2D eigenvalue weighted by Crippen LogP contribution is 2.47. The number of fused-ring (bicyclic) bond motifs is 1. The Morgan fingerprint density at radius 3 is 2.26 bits per heavy atom. The fraction of sp³-hybridized carbons (Fsp3) is 0.333. The van der Waals surface area contributed by atoms with Crippen LogP contribution < -0.4 is 10.6 Å². The molecule has 2 rings (SSSR count). The molecular weight excluding hydrogens is 276 g/mol. The van der Waals surface area contributed by atoms with Crippen molar-refractivity contribution in [3.8, 4) is 0 Å². The van der Waals surface area contributed by atoms with E-state index in [1.807, 2.05) is 24.3 Å². The van der Waals surface area contributed by atoms with Crippen LogP contribution in [0.3, 0.4) is 0 Å². The SMILES string of the molecule is NC(=O)CC[SiH2]O[SiH2]CCC(=O)N1c2ccccc21. The predicted octanol–water partition coefficient (Wildman–Crippen LogP) is -0.0490. The minimum Gasteiger partial charge on any atom is -0.465 e. The molecule has 7 heteroatoms. The van der Waals surface area contributed by atoms with Crippen LogP contribution in [0.1, 0.15) is 12.8 Å². The van der Waals surface area contributed by atoms with Crippen LogP contribution in [0.4, 0.5) is 11.4 Å². The average Bonchev–Trinajstić information content (AvgIpc) is 3.11. The van der Waals surface area contributed by atoms with Gasteiger partial charge >= 0.3 is 0 Å². The summed E-state index contributed by atoms with van der Waals surface area (Å²) in [6.45, 7) is 0. The number of rotatable bonds is 8. The van der Waals surface area contributed by atoms with Crippen molar-refractivity contribution >= 4 is 42.7 Å². The summed E-state index contributed by atoms with van der Waals surface area (Å²) in [6.07, 6.45) is 0.994. The number of carbonyl (C=O) groups is 2. The maximum absolute atomic E-state index is 11.9. The summed E-state index contributed by atoms with van der Waals surface area (Å²) in [4.78, 5) is 24.2. The fourth-order valence-corrected chi connectivity index (χ4v) is 5.35. The Bertz CT molecular complexity index is 459. The molecular formula is C12H18N2O3Si2. The van der Waals surface area contributed by atoms with Crippen LogP contribution in [-0.2, 0) is 13.7 Å². The minimum atomic E-state index is -0.604. The summed E-state index contributed by atoms with van der Waals surface area (Å²) >= 11 is 0. The Morgan fingerprint density at radius 2 is 1.68 bits per heavy atom. The second kappa shape index (κ2) is 6.64. The predicted molar refractivity (Wildman–Crippen MR) is 79.8 cm³/mol. The topological polar surface area (TPSA) is 72.4 Å². The van der Waals surface area contributed by atoms with Crippen LogP contribution in [0.2, 0.25) is 12.1 Å². The number of carbonyl (C=O) groups excluding carboxylic acids is 2.